The molecule has 0 fully saturated rings. The van der Waals surface area contributed by atoms with Crippen LogP contribution in [0.25, 0.3) is 10.9 Å². The van der Waals surface area contributed by atoms with Crippen LogP contribution in [-0.2, 0) is 6.32 Å². The van der Waals surface area contributed by atoms with Crippen molar-refractivity contribution in [3.05, 3.63) is 64.5 Å². The molecule has 2 aromatic heterocycles. The molecule has 108 valence electrons. The molecule has 0 bridgehead atoms. The first kappa shape index (κ1) is 14.7. The fraction of sp³-hybridized carbons (Fsp3) is 0.0625. The Morgan fingerprint density at radius 1 is 1.18 bits per heavy atom. The van der Waals surface area contributed by atoms with Gasteiger partial charge in [-0.05, 0) is 36.0 Å². The van der Waals surface area contributed by atoms with Gasteiger partial charge in [-0.25, -0.2) is 0 Å². The monoisotopic (exact) mass is 353 g/mol. The average molecular weight is 354 g/mol. The zero-order chi connectivity index (χ0) is 15.5. The molecule has 4 nitrogen and oxygen atoms in total. The van der Waals surface area contributed by atoms with Crippen LogP contribution >= 0.6 is 15.9 Å². The normalized spacial score (nSPS) is 10.6. The number of aromatic nitrogens is 2. The molecule has 0 unspecified atom stereocenters. The SMILES string of the molecule is NC(=O)c1cccnc1CBc1cc(Br)cc2ncccc12. The zero-order valence-electron chi connectivity index (χ0n) is 11.8. The first-order valence-electron chi connectivity index (χ1n) is 6.92. The van der Waals surface area contributed by atoms with E-state index >= 15 is 0 Å². The predicted octanol–water partition coefficient (Wildman–Crippen LogP) is 1.75. The summed E-state index contributed by atoms with van der Waals surface area (Å²) in [6.45, 7) is 0. The van der Waals surface area contributed by atoms with Crippen molar-refractivity contribution in [1.82, 2.24) is 9.97 Å². The number of primary amides is 1. The van der Waals surface area contributed by atoms with Crippen LogP contribution in [0, 0.1) is 0 Å². The number of amides is 1. The summed E-state index contributed by atoms with van der Waals surface area (Å²) in [5, 5.41) is 1.11. The van der Waals surface area contributed by atoms with E-state index in [1.165, 1.54) is 5.46 Å². The van der Waals surface area contributed by atoms with E-state index in [1.54, 1.807) is 24.5 Å². The van der Waals surface area contributed by atoms with Gasteiger partial charge in [0, 0.05) is 22.6 Å². The van der Waals surface area contributed by atoms with E-state index in [4.69, 9.17) is 5.73 Å². The Hall–Kier alpha value is -2.21. The van der Waals surface area contributed by atoms with Crippen molar-refractivity contribution in [1.29, 1.82) is 0 Å². The fourth-order valence-electron chi connectivity index (χ4n) is 2.54. The largest absolute Gasteiger partial charge is 0.366 e. The Morgan fingerprint density at radius 3 is 2.77 bits per heavy atom. The van der Waals surface area contributed by atoms with Crippen LogP contribution in [0.4, 0.5) is 0 Å². The highest BCUT2D eigenvalue weighted by molar-refractivity contribution is 9.10. The highest BCUT2D eigenvalue weighted by atomic mass is 79.9. The number of hydrogen-bond acceptors (Lipinski definition) is 3. The second-order valence-electron chi connectivity index (χ2n) is 5.00. The lowest BCUT2D eigenvalue weighted by atomic mass is 9.64. The lowest BCUT2D eigenvalue weighted by Gasteiger charge is -2.08. The lowest BCUT2D eigenvalue weighted by molar-refractivity contribution is 0.0999. The van der Waals surface area contributed by atoms with Crippen LogP contribution < -0.4 is 11.2 Å². The maximum Gasteiger partial charge on any atom is 0.250 e. The van der Waals surface area contributed by atoms with E-state index in [-0.39, 0.29) is 0 Å². The summed E-state index contributed by atoms with van der Waals surface area (Å²) < 4.78 is 0.991. The Kier molecular flexibility index (Phi) is 4.20. The summed E-state index contributed by atoms with van der Waals surface area (Å²) >= 11 is 3.52. The number of rotatable bonds is 4. The van der Waals surface area contributed by atoms with Crippen molar-refractivity contribution in [2.24, 2.45) is 5.73 Å². The van der Waals surface area contributed by atoms with Crippen molar-refractivity contribution in [3.63, 3.8) is 0 Å². The summed E-state index contributed by atoms with van der Waals surface area (Å²) in [7, 11) is 0.763. The van der Waals surface area contributed by atoms with Crippen LogP contribution in [0.15, 0.2) is 53.3 Å². The van der Waals surface area contributed by atoms with E-state index < -0.39 is 5.91 Å². The number of hydrogen-bond donors (Lipinski definition) is 1. The number of carbonyl (C=O) groups excluding carboxylic acids is 1. The van der Waals surface area contributed by atoms with Gasteiger partial charge < -0.3 is 5.73 Å². The molecule has 0 saturated carbocycles. The van der Waals surface area contributed by atoms with Gasteiger partial charge in [0.25, 0.3) is 5.91 Å². The van der Waals surface area contributed by atoms with Gasteiger partial charge in [-0.2, -0.15) is 0 Å². The van der Waals surface area contributed by atoms with E-state index in [2.05, 4.69) is 38.0 Å². The van der Waals surface area contributed by atoms with E-state index in [9.17, 15) is 4.79 Å². The molecule has 0 atom stereocenters. The summed E-state index contributed by atoms with van der Waals surface area (Å²) in [6, 6.07) is 11.5. The average Bonchev–Trinajstić information content (AvgIpc) is 2.52. The third-order valence-corrected chi connectivity index (χ3v) is 4.02. The Labute approximate surface area is 137 Å². The molecule has 3 rings (SSSR count). The Morgan fingerprint density at radius 2 is 1.95 bits per heavy atom. The smallest absolute Gasteiger partial charge is 0.250 e. The summed E-state index contributed by atoms with van der Waals surface area (Å²) in [4.78, 5) is 20.1. The maximum absolute atomic E-state index is 11.5. The van der Waals surface area contributed by atoms with Crippen LogP contribution in [0.2, 0.25) is 0 Å². The minimum Gasteiger partial charge on any atom is -0.366 e. The van der Waals surface area contributed by atoms with Crippen LogP contribution in [0.1, 0.15) is 16.1 Å². The summed E-state index contributed by atoms with van der Waals surface area (Å²) in [5.74, 6) is -0.441. The lowest BCUT2D eigenvalue weighted by Crippen LogP contribution is -2.22. The molecular weight excluding hydrogens is 341 g/mol. The topological polar surface area (TPSA) is 68.9 Å². The number of pyridine rings is 2. The zero-order valence-corrected chi connectivity index (χ0v) is 13.4. The molecule has 2 heterocycles. The van der Waals surface area contributed by atoms with E-state index in [1.807, 2.05) is 12.1 Å². The molecule has 1 amide bonds. The number of halogens is 1. The molecule has 0 aliphatic rings. The predicted molar refractivity (Wildman–Crippen MR) is 92.7 cm³/mol. The third kappa shape index (κ3) is 3.02. The van der Waals surface area contributed by atoms with Gasteiger partial charge >= 0.3 is 0 Å². The van der Waals surface area contributed by atoms with Gasteiger partial charge in [0.05, 0.1) is 11.1 Å². The summed E-state index contributed by atoms with van der Waals surface area (Å²) in [5.41, 5.74) is 8.73. The van der Waals surface area contributed by atoms with Crippen LogP contribution in [0.5, 0.6) is 0 Å². The van der Waals surface area contributed by atoms with Gasteiger partial charge in [0.1, 0.15) is 0 Å². The van der Waals surface area contributed by atoms with Crippen molar-refractivity contribution < 1.29 is 4.79 Å². The highest BCUT2D eigenvalue weighted by Gasteiger charge is 2.11. The Balaban J connectivity index is 1.93. The minimum atomic E-state index is -0.441. The first-order chi connectivity index (χ1) is 10.6. The summed E-state index contributed by atoms with van der Waals surface area (Å²) in [6.07, 6.45) is 4.12. The molecule has 2 N–H and O–H groups in total. The molecule has 0 saturated heterocycles. The van der Waals surface area contributed by atoms with Gasteiger partial charge in [-0.15, -0.1) is 0 Å². The molecule has 3 aromatic rings. The molecule has 6 heteroatoms. The van der Waals surface area contributed by atoms with Crippen LogP contribution in [0.3, 0.4) is 0 Å². The highest BCUT2D eigenvalue weighted by Crippen LogP contribution is 2.16. The molecule has 1 aromatic carbocycles. The van der Waals surface area contributed by atoms with Crippen LogP contribution in [-0.4, -0.2) is 23.2 Å². The van der Waals surface area contributed by atoms with E-state index in [0.717, 1.165) is 28.3 Å². The van der Waals surface area contributed by atoms with E-state index in [0.29, 0.717) is 11.9 Å². The molecule has 0 spiro atoms. The molecule has 0 radical (unpaired) electrons. The number of benzene rings is 1. The molecule has 22 heavy (non-hydrogen) atoms. The third-order valence-electron chi connectivity index (χ3n) is 3.56. The Bertz CT molecular complexity index is 854. The standard InChI is InChI=1S/C16H13BBrN3O/c18-10-7-13(11-3-1-5-20-14(11)8-10)17-9-15-12(16(19)22)4-2-6-21-15/h1-8,17H,9H2,(H2,19,22). The molecule has 0 aliphatic carbocycles. The van der Waals surface area contributed by atoms with Gasteiger partial charge in [0.15, 0.2) is 7.28 Å². The van der Waals surface area contributed by atoms with Crippen molar-refractivity contribution >= 4 is 45.5 Å². The molecular formula is C16H13BBrN3O. The number of nitrogens with two attached hydrogens (primary N) is 1. The minimum absolute atomic E-state index is 0.441. The van der Waals surface area contributed by atoms with Gasteiger partial charge in [0.2, 0.25) is 0 Å². The van der Waals surface area contributed by atoms with Gasteiger partial charge in [-0.3, -0.25) is 14.8 Å². The van der Waals surface area contributed by atoms with Crippen molar-refractivity contribution in [3.8, 4) is 0 Å². The number of fused-ring (bicyclic) bond motifs is 1. The fourth-order valence-corrected chi connectivity index (χ4v) is 3.04. The first-order valence-corrected chi connectivity index (χ1v) is 7.71. The van der Waals surface area contributed by atoms with Gasteiger partial charge in [-0.1, -0.05) is 33.5 Å². The molecule has 0 aliphatic heterocycles. The van der Waals surface area contributed by atoms with Crippen molar-refractivity contribution in [2.75, 3.05) is 0 Å². The number of carbonyl (C=O) groups is 1. The van der Waals surface area contributed by atoms with Crippen molar-refractivity contribution in [2.45, 2.75) is 6.32 Å². The number of nitrogens with zero attached hydrogens (tertiary/aromatic N) is 2. The second-order valence-corrected chi connectivity index (χ2v) is 5.91. The maximum atomic E-state index is 11.5. The quantitative estimate of drug-likeness (QED) is 0.726. The second kappa shape index (κ2) is 6.28.